The SMILES string of the molecule is C1CCOCC1.C=C/C(=C\N(C)C)c1cccc(-c2ccc(/C(C=NC)=C/C)c(CCCCC)n2)c1.CC.[HH]. The van der Waals surface area contributed by atoms with Crippen molar-refractivity contribution in [3.63, 3.8) is 0 Å². The Morgan fingerprint density at radius 2 is 1.82 bits per heavy atom. The van der Waals surface area contributed by atoms with Crippen LogP contribution in [0.4, 0.5) is 0 Å². The number of ether oxygens (including phenoxy) is 1. The number of pyridine rings is 1. The summed E-state index contributed by atoms with van der Waals surface area (Å²) in [5.41, 5.74) is 7.81. The first-order valence-corrected chi connectivity index (χ1v) is 14.3. The van der Waals surface area contributed by atoms with Gasteiger partial charge in [0, 0.05) is 65.0 Å². The molecule has 0 radical (unpaired) electrons. The molecule has 1 aliphatic heterocycles. The standard InChI is InChI=1S/C27H35N3.C5H10O.C2H6.H2/c1-7-10-11-15-27-25(21(8-2)19-28-4)16-17-26(29-27)24-14-12-13-23(18-24)22(9-3)20-30(5)6;1-2-4-6-5-3-1;1-2;/h8-9,12-14,16-20H,3,7,10-11,15H2,1-2,4-6H3;1-5H2;1-2H3;1H/b21-8+,22-20+,28-19?;;;. The van der Waals surface area contributed by atoms with Gasteiger partial charge < -0.3 is 9.64 Å². The lowest BCUT2D eigenvalue weighted by Crippen LogP contribution is -2.03. The second-order valence-electron chi connectivity index (χ2n) is 9.29. The minimum absolute atomic E-state index is 0. The number of aryl methyl sites for hydroxylation is 1. The smallest absolute Gasteiger partial charge is 0.0705 e. The molecule has 0 atom stereocenters. The lowest BCUT2D eigenvalue weighted by atomic mass is 9.98. The molecule has 0 saturated carbocycles. The summed E-state index contributed by atoms with van der Waals surface area (Å²) in [4.78, 5) is 11.4. The zero-order valence-corrected chi connectivity index (χ0v) is 25.1. The fraction of sp³-hybridized carbons (Fsp3) is 0.471. The first-order valence-electron chi connectivity index (χ1n) is 14.3. The van der Waals surface area contributed by atoms with Crippen molar-refractivity contribution in [1.29, 1.82) is 0 Å². The van der Waals surface area contributed by atoms with Crippen molar-refractivity contribution >= 4 is 17.4 Å². The van der Waals surface area contributed by atoms with Crippen LogP contribution in [0.5, 0.6) is 0 Å². The van der Waals surface area contributed by atoms with Gasteiger partial charge in [0.15, 0.2) is 0 Å². The second kappa shape index (κ2) is 20.0. The van der Waals surface area contributed by atoms with Crippen LogP contribution < -0.4 is 0 Å². The summed E-state index contributed by atoms with van der Waals surface area (Å²) >= 11 is 0. The molecule has 0 aliphatic carbocycles. The third kappa shape index (κ3) is 11.6. The van der Waals surface area contributed by atoms with Crippen molar-refractivity contribution in [2.45, 2.75) is 72.6 Å². The summed E-state index contributed by atoms with van der Waals surface area (Å²) in [6, 6.07) is 12.8. The highest BCUT2D eigenvalue weighted by Gasteiger charge is 2.11. The van der Waals surface area contributed by atoms with Gasteiger partial charge in [0.25, 0.3) is 0 Å². The van der Waals surface area contributed by atoms with Crippen molar-refractivity contribution in [2.75, 3.05) is 34.4 Å². The highest BCUT2D eigenvalue weighted by atomic mass is 16.5. The van der Waals surface area contributed by atoms with Gasteiger partial charge in [0.05, 0.1) is 5.69 Å². The molecule has 0 unspecified atom stereocenters. The highest BCUT2D eigenvalue weighted by Crippen LogP contribution is 2.27. The average molecular weight is 520 g/mol. The van der Waals surface area contributed by atoms with Crippen molar-refractivity contribution in [3.05, 3.63) is 78.1 Å². The van der Waals surface area contributed by atoms with Gasteiger partial charge in [-0.05, 0) is 67.9 Å². The third-order valence-electron chi connectivity index (χ3n) is 6.07. The van der Waals surface area contributed by atoms with E-state index in [-0.39, 0.29) is 1.43 Å². The van der Waals surface area contributed by atoms with E-state index in [1.165, 1.54) is 37.7 Å². The van der Waals surface area contributed by atoms with Crippen LogP contribution in [0.15, 0.2) is 66.3 Å². The zero-order valence-electron chi connectivity index (χ0n) is 25.1. The Labute approximate surface area is 234 Å². The van der Waals surface area contributed by atoms with Crippen molar-refractivity contribution in [1.82, 2.24) is 9.88 Å². The van der Waals surface area contributed by atoms with Crippen LogP contribution in [0, 0.1) is 0 Å². The Morgan fingerprint density at radius 3 is 2.34 bits per heavy atom. The van der Waals surface area contributed by atoms with Gasteiger partial charge in [-0.1, -0.05) is 76.6 Å². The third-order valence-corrected chi connectivity index (χ3v) is 6.07. The van der Waals surface area contributed by atoms with Crippen molar-refractivity contribution < 1.29 is 6.16 Å². The van der Waals surface area contributed by atoms with Crippen LogP contribution >= 0.6 is 0 Å². The molecule has 38 heavy (non-hydrogen) atoms. The fourth-order valence-corrected chi connectivity index (χ4v) is 4.17. The number of allylic oxidation sites excluding steroid dienone is 4. The summed E-state index contributed by atoms with van der Waals surface area (Å²) in [5, 5.41) is 0. The molecule has 4 nitrogen and oxygen atoms in total. The number of aliphatic imine (C=N–C) groups is 1. The zero-order chi connectivity index (χ0) is 28.2. The minimum Gasteiger partial charge on any atom is -0.383 e. The maximum atomic E-state index is 5.09. The average Bonchev–Trinajstić information content (AvgIpc) is 2.97. The molecule has 1 aromatic heterocycles. The quantitative estimate of drug-likeness (QED) is 0.178. The van der Waals surface area contributed by atoms with E-state index in [0.717, 1.165) is 59.7 Å². The van der Waals surface area contributed by atoms with E-state index >= 15 is 0 Å². The molecule has 0 bridgehead atoms. The maximum absolute atomic E-state index is 5.09. The predicted molar refractivity (Wildman–Crippen MR) is 171 cm³/mol. The molecular formula is C34H53N3O. The van der Waals surface area contributed by atoms with Gasteiger partial charge >= 0.3 is 0 Å². The molecular weight excluding hydrogens is 466 g/mol. The lowest BCUT2D eigenvalue weighted by Gasteiger charge is -2.13. The minimum atomic E-state index is 0. The summed E-state index contributed by atoms with van der Waals surface area (Å²) < 4.78 is 5.07. The maximum Gasteiger partial charge on any atom is 0.0705 e. The molecule has 3 rings (SSSR count). The summed E-state index contributed by atoms with van der Waals surface area (Å²) in [7, 11) is 5.86. The predicted octanol–water partition coefficient (Wildman–Crippen LogP) is 9.13. The molecule has 210 valence electrons. The van der Waals surface area contributed by atoms with E-state index < -0.39 is 0 Å². The van der Waals surface area contributed by atoms with E-state index in [9.17, 15) is 0 Å². The first-order chi connectivity index (χ1) is 18.5. The Hall–Kier alpha value is -2.98. The van der Waals surface area contributed by atoms with Crippen molar-refractivity contribution in [2.24, 2.45) is 4.99 Å². The van der Waals surface area contributed by atoms with Crippen LogP contribution in [-0.4, -0.2) is 50.5 Å². The van der Waals surface area contributed by atoms with E-state index in [4.69, 9.17) is 9.72 Å². The largest absolute Gasteiger partial charge is 0.383 e. The van der Waals surface area contributed by atoms with Gasteiger partial charge in [-0.3, -0.25) is 9.98 Å². The highest BCUT2D eigenvalue weighted by molar-refractivity contribution is 6.10. The number of rotatable bonds is 10. The number of hydrogen-bond acceptors (Lipinski definition) is 4. The Bertz CT molecular complexity index is 1020. The van der Waals surface area contributed by atoms with Crippen LogP contribution in [-0.2, 0) is 11.2 Å². The van der Waals surface area contributed by atoms with Gasteiger partial charge in [-0.25, -0.2) is 0 Å². The van der Waals surface area contributed by atoms with E-state index in [1.54, 1.807) is 0 Å². The second-order valence-corrected chi connectivity index (χ2v) is 9.29. The van der Waals surface area contributed by atoms with Crippen LogP contribution in [0.25, 0.3) is 22.4 Å². The molecule has 1 aliphatic rings. The monoisotopic (exact) mass is 519 g/mol. The van der Waals surface area contributed by atoms with Crippen LogP contribution in [0.3, 0.4) is 0 Å². The summed E-state index contributed by atoms with van der Waals surface area (Å²) in [6.07, 6.45) is 16.5. The van der Waals surface area contributed by atoms with Gasteiger partial charge in [0.2, 0.25) is 0 Å². The van der Waals surface area contributed by atoms with Gasteiger partial charge in [-0.15, -0.1) is 0 Å². The molecule has 0 N–H and O–H groups in total. The molecule has 4 heteroatoms. The molecule has 0 amide bonds. The summed E-state index contributed by atoms with van der Waals surface area (Å²) in [6.45, 7) is 14.3. The topological polar surface area (TPSA) is 37.7 Å². The molecule has 1 saturated heterocycles. The van der Waals surface area contributed by atoms with Crippen LogP contribution in [0.2, 0.25) is 0 Å². The Morgan fingerprint density at radius 1 is 1.08 bits per heavy atom. The fourth-order valence-electron chi connectivity index (χ4n) is 4.17. The number of nitrogens with zero attached hydrogens (tertiary/aromatic N) is 3. The molecule has 2 aromatic rings. The molecule has 0 spiro atoms. The van der Waals surface area contributed by atoms with E-state index in [0.29, 0.717) is 0 Å². The normalized spacial score (nSPS) is 13.8. The number of benzene rings is 1. The van der Waals surface area contributed by atoms with Gasteiger partial charge in [0.1, 0.15) is 0 Å². The van der Waals surface area contributed by atoms with Gasteiger partial charge in [-0.2, -0.15) is 0 Å². The lowest BCUT2D eigenvalue weighted by molar-refractivity contribution is 0.0968. The molecule has 1 fully saturated rings. The van der Waals surface area contributed by atoms with Crippen LogP contribution in [0.1, 0.15) is 84.5 Å². The number of unbranched alkanes of at least 4 members (excludes halogenated alkanes) is 2. The first kappa shape index (κ1) is 33.0. The number of aromatic nitrogens is 1. The Kier molecular flexibility index (Phi) is 17.4. The van der Waals surface area contributed by atoms with Crippen molar-refractivity contribution in [3.8, 4) is 11.3 Å². The Balaban J connectivity index is 0.00000139. The van der Waals surface area contributed by atoms with E-state index in [2.05, 4.69) is 74.1 Å². The van der Waals surface area contributed by atoms with E-state index in [1.807, 2.05) is 52.2 Å². The molecule has 1 aromatic carbocycles. The number of hydrogen-bond donors (Lipinski definition) is 0. The summed E-state index contributed by atoms with van der Waals surface area (Å²) in [5.74, 6) is 0. The molecule has 2 heterocycles.